The Hall–Kier alpha value is -0.570. The predicted molar refractivity (Wildman–Crippen MR) is 68.8 cm³/mol. The minimum absolute atomic E-state index is 0.803. The SMILES string of the molecule is Clc1ccc(CNCCCNC2CC2)cc1. The van der Waals surface area contributed by atoms with Gasteiger partial charge in [-0.3, -0.25) is 0 Å². The Bertz CT molecular complexity index is 306. The molecule has 0 amide bonds. The van der Waals surface area contributed by atoms with Crippen LogP contribution in [-0.4, -0.2) is 19.1 Å². The van der Waals surface area contributed by atoms with Crippen molar-refractivity contribution in [3.8, 4) is 0 Å². The van der Waals surface area contributed by atoms with Crippen molar-refractivity contribution < 1.29 is 0 Å². The molecule has 0 aliphatic heterocycles. The molecule has 0 bridgehead atoms. The fourth-order valence-corrected chi connectivity index (χ4v) is 1.77. The highest BCUT2D eigenvalue weighted by molar-refractivity contribution is 6.30. The first-order valence-electron chi connectivity index (χ1n) is 6.03. The predicted octanol–water partition coefficient (Wildman–Crippen LogP) is 2.57. The largest absolute Gasteiger partial charge is 0.314 e. The van der Waals surface area contributed by atoms with Gasteiger partial charge in [0.25, 0.3) is 0 Å². The lowest BCUT2D eigenvalue weighted by Gasteiger charge is -2.05. The molecule has 16 heavy (non-hydrogen) atoms. The third kappa shape index (κ3) is 4.52. The topological polar surface area (TPSA) is 24.1 Å². The van der Waals surface area contributed by atoms with Gasteiger partial charge in [-0.25, -0.2) is 0 Å². The molecule has 0 radical (unpaired) electrons. The maximum Gasteiger partial charge on any atom is 0.0406 e. The van der Waals surface area contributed by atoms with E-state index in [1.54, 1.807) is 0 Å². The van der Waals surface area contributed by atoms with Gasteiger partial charge in [-0.15, -0.1) is 0 Å². The lowest BCUT2D eigenvalue weighted by molar-refractivity contribution is 0.593. The summed E-state index contributed by atoms with van der Waals surface area (Å²) in [6.07, 6.45) is 3.94. The van der Waals surface area contributed by atoms with Crippen LogP contribution in [0.25, 0.3) is 0 Å². The minimum atomic E-state index is 0.803. The maximum atomic E-state index is 5.82. The minimum Gasteiger partial charge on any atom is -0.314 e. The Morgan fingerprint density at radius 1 is 1.12 bits per heavy atom. The zero-order valence-electron chi connectivity index (χ0n) is 9.51. The highest BCUT2D eigenvalue weighted by Crippen LogP contribution is 2.18. The highest BCUT2D eigenvalue weighted by Gasteiger charge is 2.19. The molecule has 1 aliphatic carbocycles. The first-order valence-corrected chi connectivity index (χ1v) is 6.41. The monoisotopic (exact) mass is 238 g/mol. The summed E-state index contributed by atoms with van der Waals surface area (Å²) >= 11 is 5.82. The third-order valence-corrected chi connectivity index (χ3v) is 3.04. The standard InChI is InChI=1S/C13H19ClN2/c14-12-4-2-11(3-5-12)10-15-8-1-9-16-13-6-7-13/h2-5,13,15-16H,1,6-10H2. The zero-order chi connectivity index (χ0) is 11.2. The Morgan fingerprint density at radius 2 is 1.88 bits per heavy atom. The summed E-state index contributed by atoms with van der Waals surface area (Å²) in [6.45, 7) is 3.14. The molecule has 3 heteroatoms. The second-order valence-corrected chi connectivity index (χ2v) is 4.82. The average Bonchev–Trinajstić information content (AvgIpc) is 3.10. The molecule has 88 valence electrons. The van der Waals surface area contributed by atoms with Gasteiger partial charge in [0, 0.05) is 17.6 Å². The quantitative estimate of drug-likeness (QED) is 0.714. The second-order valence-electron chi connectivity index (χ2n) is 4.39. The van der Waals surface area contributed by atoms with E-state index in [2.05, 4.69) is 22.8 Å². The van der Waals surface area contributed by atoms with Crippen LogP contribution in [0.2, 0.25) is 5.02 Å². The highest BCUT2D eigenvalue weighted by atomic mass is 35.5. The van der Waals surface area contributed by atoms with Gasteiger partial charge in [0.1, 0.15) is 0 Å². The second kappa shape index (κ2) is 6.24. The van der Waals surface area contributed by atoms with Crippen molar-refractivity contribution in [2.75, 3.05) is 13.1 Å². The summed E-state index contributed by atoms with van der Waals surface area (Å²) in [5, 5.41) is 7.74. The van der Waals surface area contributed by atoms with E-state index in [9.17, 15) is 0 Å². The molecule has 0 unspecified atom stereocenters. The first-order chi connectivity index (χ1) is 7.84. The van der Waals surface area contributed by atoms with Crippen LogP contribution < -0.4 is 10.6 Å². The van der Waals surface area contributed by atoms with Crippen molar-refractivity contribution in [3.05, 3.63) is 34.9 Å². The Morgan fingerprint density at radius 3 is 2.56 bits per heavy atom. The molecule has 1 fully saturated rings. The van der Waals surface area contributed by atoms with Gasteiger partial charge in [0.2, 0.25) is 0 Å². The van der Waals surface area contributed by atoms with Crippen LogP contribution in [0.4, 0.5) is 0 Å². The van der Waals surface area contributed by atoms with Crippen molar-refractivity contribution in [3.63, 3.8) is 0 Å². The molecule has 2 N–H and O–H groups in total. The Labute approximate surface area is 102 Å². The van der Waals surface area contributed by atoms with Gasteiger partial charge >= 0.3 is 0 Å². The van der Waals surface area contributed by atoms with E-state index in [-0.39, 0.29) is 0 Å². The molecule has 2 rings (SSSR count). The number of nitrogens with one attached hydrogen (secondary N) is 2. The number of hydrogen-bond acceptors (Lipinski definition) is 2. The summed E-state index contributed by atoms with van der Waals surface area (Å²) in [6, 6.07) is 8.84. The molecule has 0 heterocycles. The van der Waals surface area contributed by atoms with E-state index >= 15 is 0 Å². The molecule has 2 nitrogen and oxygen atoms in total. The number of rotatable bonds is 7. The fourth-order valence-electron chi connectivity index (χ4n) is 1.64. The summed E-state index contributed by atoms with van der Waals surface area (Å²) in [5.41, 5.74) is 1.29. The molecule has 1 saturated carbocycles. The number of hydrogen-bond donors (Lipinski definition) is 2. The summed E-state index contributed by atoms with van der Waals surface area (Å²) in [5.74, 6) is 0. The summed E-state index contributed by atoms with van der Waals surface area (Å²) in [4.78, 5) is 0. The molecule has 1 aromatic rings. The third-order valence-electron chi connectivity index (χ3n) is 2.78. The molecule has 0 aromatic heterocycles. The van der Waals surface area contributed by atoms with Crippen molar-refractivity contribution in [1.29, 1.82) is 0 Å². The molecule has 1 aliphatic rings. The van der Waals surface area contributed by atoms with E-state index < -0.39 is 0 Å². The molecule has 0 atom stereocenters. The van der Waals surface area contributed by atoms with E-state index in [4.69, 9.17) is 11.6 Å². The van der Waals surface area contributed by atoms with E-state index in [1.807, 2.05) is 12.1 Å². The van der Waals surface area contributed by atoms with Crippen LogP contribution in [0.1, 0.15) is 24.8 Å². The zero-order valence-corrected chi connectivity index (χ0v) is 10.3. The van der Waals surface area contributed by atoms with E-state index in [0.717, 1.165) is 30.7 Å². The van der Waals surface area contributed by atoms with Gasteiger partial charge in [-0.2, -0.15) is 0 Å². The Balaban J connectivity index is 1.51. The molecular weight excluding hydrogens is 220 g/mol. The van der Waals surface area contributed by atoms with Crippen LogP contribution in [0.5, 0.6) is 0 Å². The van der Waals surface area contributed by atoms with Gasteiger partial charge in [0.05, 0.1) is 0 Å². The molecule has 1 aromatic carbocycles. The van der Waals surface area contributed by atoms with Crippen molar-refractivity contribution in [2.24, 2.45) is 0 Å². The maximum absolute atomic E-state index is 5.82. The summed E-state index contributed by atoms with van der Waals surface area (Å²) in [7, 11) is 0. The number of benzene rings is 1. The summed E-state index contributed by atoms with van der Waals surface area (Å²) < 4.78 is 0. The number of halogens is 1. The molecule has 0 spiro atoms. The Kier molecular flexibility index (Phi) is 4.64. The fraction of sp³-hybridized carbons (Fsp3) is 0.538. The van der Waals surface area contributed by atoms with Crippen LogP contribution in [0, 0.1) is 0 Å². The lowest BCUT2D eigenvalue weighted by Crippen LogP contribution is -2.23. The van der Waals surface area contributed by atoms with Crippen LogP contribution in [0.15, 0.2) is 24.3 Å². The van der Waals surface area contributed by atoms with Crippen LogP contribution >= 0.6 is 11.6 Å². The van der Waals surface area contributed by atoms with E-state index in [0.29, 0.717) is 0 Å². The first kappa shape index (κ1) is 11.9. The average molecular weight is 239 g/mol. The van der Waals surface area contributed by atoms with Crippen LogP contribution in [0.3, 0.4) is 0 Å². The smallest absolute Gasteiger partial charge is 0.0406 e. The van der Waals surface area contributed by atoms with Crippen molar-refractivity contribution >= 4 is 11.6 Å². The van der Waals surface area contributed by atoms with E-state index in [1.165, 1.54) is 24.8 Å². The van der Waals surface area contributed by atoms with Gasteiger partial charge in [0.15, 0.2) is 0 Å². The van der Waals surface area contributed by atoms with Gasteiger partial charge < -0.3 is 10.6 Å². The van der Waals surface area contributed by atoms with Crippen LogP contribution in [-0.2, 0) is 6.54 Å². The van der Waals surface area contributed by atoms with Gasteiger partial charge in [-0.1, -0.05) is 23.7 Å². The molecule has 0 saturated heterocycles. The van der Waals surface area contributed by atoms with Gasteiger partial charge in [-0.05, 0) is 50.0 Å². The normalized spacial score (nSPS) is 15.3. The van der Waals surface area contributed by atoms with Crippen molar-refractivity contribution in [2.45, 2.75) is 31.8 Å². The lowest BCUT2D eigenvalue weighted by atomic mass is 10.2. The van der Waals surface area contributed by atoms with Crippen molar-refractivity contribution in [1.82, 2.24) is 10.6 Å². The molecular formula is C13H19ClN2.